The molecule has 1 amide bonds. The van der Waals surface area contributed by atoms with Gasteiger partial charge in [0, 0.05) is 63.1 Å². The van der Waals surface area contributed by atoms with Gasteiger partial charge >= 0.3 is 0 Å². The van der Waals surface area contributed by atoms with E-state index in [0.717, 1.165) is 49.9 Å². The fourth-order valence-corrected chi connectivity index (χ4v) is 4.56. The molecule has 3 aliphatic heterocycles. The second kappa shape index (κ2) is 7.46. The zero-order valence-corrected chi connectivity index (χ0v) is 16.5. The molecule has 5 rings (SSSR count). The second-order valence-corrected chi connectivity index (χ2v) is 8.06. The van der Waals surface area contributed by atoms with Crippen molar-refractivity contribution in [1.29, 1.82) is 0 Å². The van der Waals surface area contributed by atoms with Crippen LogP contribution in [0.2, 0.25) is 0 Å². The van der Waals surface area contributed by atoms with Gasteiger partial charge in [0.2, 0.25) is 5.91 Å². The summed E-state index contributed by atoms with van der Waals surface area (Å²) in [4.78, 5) is 21.8. The Morgan fingerprint density at radius 3 is 2.78 bits per heavy atom. The predicted molar refractivity (Wildman–Crippen MR) is 101 cm³/mol. The Bertz CT molecular complexity index is 792. The molecule has 146 valence electrons. The van der Waals surface area contributed by atoms with Crippen molar-refractivity contribution < 1.29 is 9.32 Å². The number of rotatable bonds is 5. The number of hydrogen-bond acceptors (Lipinski definition) is 5. The summed E-state index contributed by atoms with van der Waals surface area (Å²) in [5.41, 5.74) is 2.18. The van der Waals surface area contributed by atoms with Crippen molar-refractivity contribution in [3.63, 3.8) is 0 Å². The van der Waals surface area contributed by atoms with E-state index in [-0.39, 0.29) is 5.91 Å². The molecule has 5 heterocycles. The average Bonchev–Trinajstić information content (AvgIpc) is 3.06. The molecule has 0 spiro atoms. The van der Waals surface area contributed by atoms with E-state index in [9.17, 15) is 4.79 Å². The first-order valence-corrected chi connectivity index (χ1v) is 9.92. The topological polar surface area (TPSA) is 67.4 Å². The summed E-state index contributed by atoms with van der Waals surface area (Å²) in [5.74, 6) is 2.71. The van der Waals surface area contributed by atoms with Crippen LogP contribution in [0.3, 0.4) is 0 Å². The first-order valence-electron chi connectivity index (χ1n) is 9.92. The Hall–Kier alpha value is -2.15. The van der Waals surface area contributed by atoms with Crippen molar-refractivity contribution in [3.05, 3.63) is 35.2 Å². The number of piperidine rings is 1. The lowest BCUT2D eigenvalue weighted by atomic mass is 9.94. The van der Waals surface area contributed by atoms with Crippen LogP contribution in [0.4, 0.5) is 0 Å². The zero-order valence-electron chi connectivity index (χ0n) is 16.5. The molecule has 0 saturated carbocycles. The van der Waals surface area contributed by atoms with E-state index < -0.39 is 0 Å². The zero-order chi connectivity index (χ0) is 19.0. The van der Waals surface area contributed by atoms with Crippen molar-refractivity contribution in [1.82, 2.24) is 24.5 Å². The highest BCUT2D eigenvalue weighted by Crippen LogP contribution is 2.30. The molecule has 0 aromatic carbocycles. The number of aromatic nitrogens is 3. The molecule has 2 aromatic heterocycles. The number of nitrogens with zero attached hydrogens (tertiary/aromatic N) is 5. The average molecular weight is 371 g/mol. The van der Waals surface area contributed by atoms with E-state index in [1.165, 1.54) is 12.0 Å². The van der Waals surface area contributed by atoms with Gasteiger partial charge in [-0.25, -0.2) is 4.98 Å². The lowest BCUT2D eigenvalue weighted by Crippen LogP contribution is -2.47. The largest absolute Gasteiger partial charge is 0.361 e. The van der Waals surface area contributed by atoms with E-state index in [1.807, 2.05) is 27.0 Å². The highest BCUT2D eigenvalue weighted by molar-refractivity contribution is 5.76. The maximum absolute atomic E-state index is 12.9. The third-order valence-corrected chi connectivity index (χ3v) is 6.16. The summed E-state index contributed by atoms with van der Waals surface area (Å²) in [5, 5.41) is 4.08. The quantitative estimate of drug-likeness (QED) is 0.807. The normalized spacial score (nSPS) is 23.0. The van der Waals surface area contributed by atoms with Crippen molar-refractivity contribution in [2.24, 2.45) is 5.92 Å². The van der Waals surface area contributed by atoms with Gasteiger partial charge in [0.15, 0.2) is 0 Å². The molecule has 0 aliphatic carbocycles. The number of amides is 1. The molecule has 3 aliphatic rings. The molecule has 7 heteroatoms. The van der Waals surface area contributed by atoms with Crippen molar-refractivity contribution in [2.75, 3.05) is 19.6 Å². The minimum absolute atomic E-state index is 0.275. The molecule has 2 unspecified atom stereocenters. The summed E-state index contributed by atoms with van der Waals surface area (Å²) in [7, 11) is 0. The van der Waals surface area contributed by atoms with Gasteiger partial charge in [-0.3, -0.25) is 9.69 Å². The van der Waals surface area contributed by atoms with Gasteiger partial charge in [0.25, 0.3) is 0 Å². The third kappa shape index (κ3) is 3.78. The Kier molecular flexibility index (Phi) is 5.04. The molecule has 0 radical (unpaired) electrons. The molecule has 2 bridgehead atoms. The molecule has 2 aromatic rings. The Labute approximate surface area is 160 Å². The molecule has 2 atom stereocenters. The maximum Gasteiger partial charge on any atom is 0.224 e. The van der Waals surface area contributed by atoms with Crippen LogP contribution < -0.4 is 0 Å². The van der Waals surface area contributed by atoms with Crippen LogP contribution >= 0.6 is 0 Å². The monoisotopic (exact) mass is 371 g/mol. The van der Waals surface area contributed by atoms with Gasteiger partial charge in [0.05, 0.1) is 5.69 Å². The van der Waals surface area contributed by atoms with Crippen LogP contribution in [0.25, 0.3) is 0 Å². The lowest BCUT2D eigenvalue weighted by Gasteiger charge is -2.36. The van der Waals surface area contributed by atoms with Crippen molar-refractivity contribution in [2.45, 2.75) is 59.2 Å². The summed E-state index contributed by atoms with van der Waals surface area (Å²) in [6.07, 6.45) is 6.61. The highest BCUT2D eigenvalue weighted by Gasteiger charge is 2.37. The van der Waals surface area contributed by atoms with Crippen molar-refractivity contribution >= 4 is 5.91 Å². The van der Waals surface area contributed by atoms with Gasteiger partial charge in [-0.05, 0) is 39.5 Å². The van der Waals surface area contributed by atoms with E-state index in [1.54, 1.807) is 6.20 Å². The first-order chi connectivity index (χ1) is 13.0. The van der Waals surface area contributed by atoms with E-state index in [4.69, 9.17) is 4.52 Å². The van der Waals surface area contributed by atoms with Crippen LogP contribution in [0.5, 0.6) is 0 Å². The van der Waals surface area contributed by atoms with Gasteiger partial charge < -0.3 is 14.0 Å². The Morgan fingerprint density at radius 1 is 1.22 bits per heavy atom. The highest BCUT2D eigenvalue weighted by atomic mass is 16.5. The molecule has 7 nitrogen and oxygen atoms in total. The molecule has 27 heavy (non-hydrogen) atoms. The van der Waals surface area contributed by atoms with E-state index >= 15 is 0 Å². The lowest BCUT2D eigenvalue weighted by molar-refractivity contribution is -0.135. The number of carbonyl (C=O) groups excluding carboxylic acids is 1. The fourth-order valence-electron chi connectivity index (χ4n) is 4.56. The number of imidazole rings is 1. The molecule has 0 N–H and O–H groups in total. The van der Waals surface area contributed by atoms with Gasteiger partial charge in [-0.15, -0.1) is 0 Å². The molecule has 3 saturated heterocycles. The Morgan fingerprint density at radius 2 is 2.07 bits per heavy atom. The maximum atomic E-state index is 12.9. The smallest absolute Gasteiger partial charge is 0.224 e. The van der Waals surface area contributed by atoms with Gasteiger partial charge in [-0.2, -0.15) is 0 Å². The fraction of sp³-hybridized carbons (Fsp3) is 0.650. The molecule has 3 fully saturated rings. The second-order valence-electron chi connectivity index (χ2n) is 8.06. The van der Waals surface area contributed by atoms with Gasteiger partial charge in [-0.1, -0.05) is 5.16 Å². The van der Waals surface area contributed by atoms with Crippen LogP contribution in [-0.4, -0.2) is 56.1 Å². The summed E-state index contributed by atoms with van der Waals surface area (Å²) >= 11 is 0. The van der Waals surface area contributed by atoms with Gasteiger partial charge in [0.1, 0.15) is 11.6 Å². The first kappa shape index (κ1) is 18.2. The minimum atomic E-state index is 0.275. The number of carbonyl (C=O) groups is 1. The molecular weight excluding hydrogens is 342 g/mol. The SMILES string of the molecule is Cc1noc(C)c1CN1CC2CCC(C1)N(C(=O)CCn1ccnc1C)C2. The summed E-state index contributed by atoms with van der Waals surface area (Å²) < 4.78 is 7.38. The summed E-state index contributed by atoms with van der Waals surface area (Å²) in [6.45, 7) is 10.4. The standard InChI is InChI=1S/C20H29N5O2/c1-14-19(15(2)27-22-14)13-23-10-17-4-5-18(12-23)25(11-17)20(26)6-8-24-9-7-21-16(24)3/h7,9,17-18H,4-6,8,10-13H2,1-3H3. The van der Waals surface area contributed by atoms with Crippen LogP contribution in [0.1, 0.15) is 42.1 Å². The Balaban J connectivity index is 1.40. The number of fused-ring (bicyclic) bond motifs is 4. The van der Waals surface area contributed by atoms with Crippen molar-refractivity contribution in [3.8, 4) is 0 Å². The minimum Gasteiger partial charge on any atom is -0.361 e. The predicted octanol–water partition coefficient (Wildman–Crippen LogP) is 2.31. The van der Waals surface area contributed by atoms with Crippen LogP contribution in [-0.2, 0) is 17.9 Å². The number of hydrogen-bond donors (Lipinski definition) is 0. The third-order valence-electron chi connectivity index (χ3n) is 6.16. The van der Waals surface area contributed by atoms with Crippen LogP contribution in [0.15, 0.2) is 16.9 Å². The molecular formula is C20H29N5O2. The van der Waals surface area contributed by atoms with E-state index in [2.05, 4.69) is 24.5 Å². The van der Waals surface area contributed by atoms with E-state index in [0.29, 0.717) is 24.9 Å². The summed E-state index contributed by atoms with van der Waals surface area (Å²) in [6, 6.07) is 0.320. The van der Waals surface area contributed by atoms with Crippen LogP contribution in [0, 0.1) is 26.7 Å². The number of aryl methyl sites for hydroxylation is 4.